The highest BCUT2D eigenvalue weighted by molar-refractivity contribution is 6.32. The zero-order chi connectivity index (χ0) is 10.8. The summed E-state index contributed by atoms with van der Waals surface area (Å²) in [7, 11) is 6.68. The van der Waals surface area contributed by atoms with E-state index in [-0.39, 0.29) is 5.82 Å². The number of halogens is 3. The largest absolute Gasteiger partial charge is 0.405 e. The second kappa shape index (κ2) is 3.90. The van der Waals surface area contributed by atoms with Gasteiger partial charge in [0.05, 0.1) is 0 Å². The highest BCUT2D eigenvalue weighted by Gasteiger charge is 2.29. The normalized spacial score (nSPS) is 11.4. The summed E-state index contributed by atoms with van der Waals surface area (Å²) < 4.78 is 35.9. The third-order valence-electron chi connectivity index (χ3n) is 1.58. The minimum atomic E-state index is -4.22. The Balaban J connectivity index is 2.70. The number of aromatic nitrogens is 1. The molecule has 0 aliphatic carbocycles. The van der Waals surface area contributed by atoms with Crippen LogP contribution in [0.25, 0.3) is 0 Å². The Labute approximate surface area is 81.2 Å². The molecule has 0 saturated heterocycles. The van der Waals surface area contributed by atoms with E-state index in [1.165, 1.54) is 25.4 Å². The molecule has 0 aromatic carbocycles. The average molecular weight is 200 g/mol. The number of hydrogen-bond acceptors (Lipinski definition) is 2. The Morgan fingerprint density at radius 2 is 2.07 bits per heavy atom. The van der Waals surface area contributed by atoms with Crippen LogP contribution in [0.4, 0.5) is 19.0 Å². The lowest BCUT2D eigenvalue weighted by molar-refractivity contribution is -0.119. The van der Waals surface area contributed by atoms with Crippen LogP contribution in [0.5, 0.6) is 0 Å². The van der Waals surface area contributed by atoms with Crippen LogP contribution in [0.1, 0.15) is 0 Å². The lowest BCUT2D eigenvalue weighted by atomic mass is 9.99. The second-order valence-electron chi connectivity index (χ2n) is 2.92. The van der Waals surface area contributed by atoms with Crippen molar-refractivity contribution in [2.45, 2.75) is 6.18 Å². The molecule has 1 aromatic heterocycles. The summed E-state index contributed by atoms with van der Waals surface area (Å²) >= 11 is 0. The van der Waals surface area contributed by atoms with Gasteiger partial charge in [-0.1, -0.05) is 11.5 Å². The van der Waals surface area contributed by atoms with Gasteiger partial charge in [-0.05, 0) is 6.07 Å². The predicted molar refractivity (Wildman–Crippen MR) is 49.0 cm³/mol. The molecule has 1 rings (SSSR count). The van der Waals surface area contributed by atoms with Crippen LogP contribution in [-0.4, -0.2) is 32.6 Å². The average Bonchev–Trinajstić information content (AvgIpc) is 2.02. The van der Waals surface area contributed by atoms with Crippen LogP contribution in [0.2, 0.25) is 0 Å². The van der Waals surface area contributed by atoms with Gasteiger partial charge < -0.3 is 4.90 Å². The number of alkyl halides is 3. The summed E-state index contributed by atoms with van der Waals surface area (Å²) in [6.45, 7) is -1.02. The van der Waals surface area contributed by atoms with Gasteiger partial charge in [0.15, 0.2) is 0 Å². The van der Waals surface area contributed by atoms with Crippen molar-refractivity contribution in [3.8, 4) is 0 Å². The summed E-state index contributed by atoms with van der Waals surface area (Å²) in [6.07, 6.45) is -2.90. The zero-order valence-electron chi connectivity index (χ0n) is 7.54. The summed E-state index contributed by atoms with van der Waals surface area (Å²) in [5.41, 5.74) is 0.425. The molecule has 0 fully saturated rings. The molecule has 0 saturated carbocycles. The van der Waals surface area contributed by atoms with Gasteiger partial charge in [0, 0.05) is 13.2 Å². The van der Waals surface area contributed by atoms with Gasteiger partial charge in [-0.2, -0.15) is 13.2 Å². The van der Waals surface area contributed by atoms with E-state index in [4.69, 9.17) is 7.85 Å². The predicted octanol–water partition coefficient (Wildman–Crippen LogP) is 0.874. The van der Waals surface area contributed by atoms with Crippen molar-refractivity contribution in [2.75, 3.05) is 18.5 Å². The molecule has 0 atom stereocenters. The van der Waals surface area contributed by atoms with Gasteiger partial charge in [0.25, 0.3) is 0 Å². The maximum absolute atomic E-state index is 12.0. The molecule has 2 nitrogen and oxygen atoms in total. The fourth-order valence-electron chi connectivity index (χ4n) is 0.973. The Hall–Kier alpha value is -1.20. The highest BCUT2D eigenvalue weighted by Crippen LogP contribution is 2.18. The fourth-order valence-corrected chi connectivity index (χ4v) is 0.973. The lowest BCUT2D eigenvalue weighted by Gasteiger charge is -2.19. The zero-order valence-corrected chi connectivity index (χ0v) is 7.54. The van der Waals surface area contributed by atoms with Gasteiger partial charge in [0.2, 0.25) is 0 Å². The topological polar surface area (TPSA) is 16.1 Å². The van der Waals surface area contributed by atoms with Gasteiger partial charge in [-0.3, -0.25) is 0 Å². The van der Waals surface area contributed by atoms with E-state index in [1.807, 2.05) is 0 Å². The molecule has 0 spiro atoms. The first-order valence-electron chi connectivity index (χ1n) is 3.88. The van der Waals surface area contributed by atoms with Gasteiger partial charge in [-0.25, -0.2) is 4.98 Å². The molecule has 0 bridgehead atoms. The maximum Gasteiger partial charge on any atom is 0.405 e. The van der Waals surface area contributed by atoms with Crippen LogP contribution in [0.15, 0.2) is 18.3 Å². The summed E-state index contributed by atoms with van der Waals surface area (Å²) in [6, 6.07) is 2.95. The molecule has 0 N–H and O–H groups in total. The standard InChI is InChI=1S/C8H8BF3N2/c1-14(5-8(10,11)12)7-3-2-6(9)4-13-7/h2-4H,5H2,1H3. The molecule has 1 heterocycles. The Morgan fingerprint density at radius 3 is 2.50 bits per heavy atom. The first-order valence-corrected chi connectivity index (χ1v) is 3.88. The van der Waals surface area contributed by atoms with Gasteiger partial charge in [0.1, 0.15) is 20.2 Å². The molecule has 74 valence electrons. The van der Waals surface area contributed by atoms with Gasteiger partial charge in [-0.15, -0.1) is 0 Å². The molecule has 0 amide bonds. The first kappa shape index (κ1) is 10.9. The van der Waals surface area contributed by atoms with Crippen molar-refractivity contribution in [3.63, 3.8) is 0 Å². The van der Waals surface area contributed by atoms with Crippen LogP contribution in [-0.2, 0) is 0 Å². The molecular weight excluding hydrogens is 192 g/mol. The molecule has 0 aliphatic rings. The van der Waals surface area contributed by atoms with E-state index >= 15 is 0 Å². The van der Waals surface area contributed by atoms with E-state index in [0.29, 0.717) is 5.46 Å². The number of nitrogens with zero attached hydrogens (tertiary/aromatic N) is 2. The van der Waals surface area contributed by atoms with Crippen molar-refractivity contribution < 1.29 is 13.2 Å². The van der Waals surface area contributed by atoms with Crippen LogP contribution < -0.4 is 10.4 Å². The molecule has 0 unspecified atom stereocenters. The Bertz CT molecular complexity index is 296. The van der Waals surface area contributed by atoms with Crippen molar-refractivity contribution >= 4 is 19.1 Å². The minimum absolute atomic E-state index is 0.247. The van der Waals surface area contributed by atoms with Crippen LogP contribution in [0.3, 0.4) is 0 Å². The van der Waals surface area contributed by atoms with Gasteiger partial charge >= 0.3 is 6.18 Å². The summed E-state index contributed by atoms with van der Waals surface area (Å²) in [4.78, 5) is 4.78. The van der Waals surface area contributed by atoms with E-state index in [9.17, 15) is 13.2 Å². The van der Waals surface area contributed by atoms with Crippen molar-refractivity contribution in [1.82, 2.24) is 4.98 Å². The smallest absolute Gasteiger partial charge is 0.351 e. The van der Waals surface area contributed by atoms with Crippen LogP contribution in [0, 0.1) is 0 Å². The van der Waals surface area contributed by atoms with E-state index < -0.39 is 12.7 Å². The number of hydrogen-bond donors (Lipinski definition) is 0. The number of anilines is 1. The lowest BCUT2D eigenvalue weighted by Crippen LogP contribution is -2.31. The summed E-state index contributed by atoms with van der Waals surface area (Å²) in [5, 5.41) is 0. The quantitative estimate of drug-likeness (QED) is 0.658. The van der Waals surface area contributed by atoms with E-state index in [2.05, 4.69) is 4.98 Å². The minimum Gasteiger partial charge on any atom is -0.351 e. The number of pyridine rings is 1. The van der Waals surface area contributed by atoms with Crippen molar-refractivity contribution in [3.05, 3.63) is 18.3 Å². The Kier molecular flexibility index (Phi) is 3.03. The monoisotopic (exact) mass is 200 g/mol. The fraction of sp³-hybridized carbons (Fsp3) is 0.375. The molecule has 2 radical (unpaired) electrons. The second-order valence-corrected chi connectivity index (χ2v) is 2.92. The maximum atomic E-state index is 12.0. The molecule has 0 aliphatic heterocycles. The van der Waals surface area contributed by atoms with Crippen molar-refractivity contribution in [1.29, 1.82) is 0 Å². The van der Waals surface area contributed by atoms with Crippen molar-refractivity contribution in [2.24, 2.45) is 0 Å². The molecule has 14 heavy (non-hydrogen) atoms. The number of rotatable bonds is 2. The molecule has 1 aromatic rings. The van der Waals surface area contributed by atoms with E-state index in [1.54, 1.807) is 0 Å². The Morgan fingerprint density at radius 1 is 1.43 bits per heavy atom. The van der Waals surface area contributed by atoms with Crippen LogP contribution >= 0.6 is 0 Å². The molecule has 6 heteroatoms. The third-order valence-corrected chi connectivity index (χ3v) is 1.58. The summed E-state index contributed by atoms with van der Waals surface area (Å²) in [5.74, 6) is 0.247. The van der Waals surface area contributed by atoms with E-state index in [0.717, 1.165) is 4.90 Å². The third kappa shape index (κ3) is 3.28. The SMILES string of the molecule is [B]c1ccc(N(C)CC(F)(F)F)nc1. The molecular formula is C8H8BF3N2. The first-order chi connectivity index (χ1) is 6.38. The highest BCUT2D eigenvalue weighted by atomic mass is 19.4.